The first-order valence-corrected chi connectivity index (χ1v) is 6.98. The molecular formula is C14H10F5NO5. The highest BCUT2D eigenvalue weighted by Gasteiger charge is 2.66. The first kappa shape index (κ1) is 17.5. The van der Waals surface area contributed by atoms with Gasteiger partial charge in [0.15, 0.2) is 11.7 Å². The molecule has 4 aliphatic rings. The third-order valence-electron chi connectivity index (χ3n) is 4.56. The van der Waals surface area contributed by atoms with Gasteiger partial charge in [0.25, 0.3) is 5.91 Å². The summed E-state index contributed by atoms with van der Waals surface area (Å²) in [5.41, 5.74) is -1.86. The Labute approximate surface area is 136 Å². The van der Waals surface area contributed by atoms with Crippen LogP contribution in [0.15, 0.2) is 34.2 Å². The van der Waals surface area contributed by atoms with E-state index in [1.54, 1.807) is 0 Å². The van der Waals surface area contributed by atoms with E-state index in [9.17, 15) is 36.6 Å². The number of aliphatic carboxylic acids is 1. The van der Waals surface area contributed by atoms with Crippen LogP contribution < -0.4 is 0 Å². The van der Waals surface area contributed by atoms with Crippen molar-refractivity contribution >= 4 is 11.9 Å². The van der Waals surface area contributed by atoms with Crippen LogP contribution in [0.2, 0.25) is 0 Å². The van der Waals surface area contributed by atoms with Crippen LogP contribution in [0.1, 0.15) is 12.8 Å². The van der Waals surface area contributed by atoms with E-state index < -0.39 is 52.7 Å². The SMILES string of the molecule is O=C(O)C1=C2CCN(C(=O)C3=C(F)C(F)=C(F)C(O)(F)C3(O)F)C1C2. The lowest BCUT2D eigenvalue weighted by Crippen LogP contribution is -2.59. The molecule has 0 spiro atoms. The summed E-state index contributed by atoms with van der Waals surface area (Å²) < 4.78 is 68.5. The van der Waals surface area contributed by atoms with E-state index in [2.05, 4.69) is 0 Å². The van der Waals surface area contributed by atoms with Crippen molar-refractivity contribution in [3.63, 3.8) is 0 Å². The lowest BCUT2D eigenvalue weighted by Gasteiger charge is -2.46. The Morgan fingerprint density at radius 2 is 1.68 bits per heavy atom. The van der Waals surface area contributed by atoms with Gasteiger partial charge >= 0.3 is 17.7 Å². The molecule has 11 heteroatoms. The maximum absolute atomic E-state index is 14.2. The average molecular weight is 367 g/mol. The van der Waals surface area contributed by atoms with Crippen molar-refractivity contribution in [1.82, 2.24) is 4.90 Å². The molecule has 136 valence electrons. The molecule has 0 aromatic carbocycles. The number of hydrogen-bond donors (Lipinski definition) is 3. The number of amides is 1. The van der Waals surface area contributed by atoms with E-state index >= 15 is 0 Å². The topological polar surface area (TPSA) is 98.1 Å². The van der Waals surface area contributed by atoms with E-state index in [1.807, 2.05) is 0 Å². The Morgan fingerprint density at radius 1 is 1.08 bits per heavy atom. The van der Waals surface area contributed by atoms with Gasteiger partial charge in [0.1, 0.15) is 5.57 Å². The molecule has 1 fully saturated rings. The van der Waals surface area contributed by atoms with Gasteiger partial charge in [-0.2, -0.15) is 8.78 Å². The number of carbonyl (C=O) groups excluding carboxylic acids is 1. The Morgan fingerprint density at radius 3 is 2.20 bits per heavy atom. The monoisotopic (exact) mass is 367 g/mol. The van der Waals surface area contributed by atoms with Gasteiger partial charge in [-0.1, -0.05) is 5.57 Å². The molecule has 1 amide bonds. The molecule has 0 radical (unpaired) electrons. The van der Waals surface area contributed by atoms with Gasteiger partial charge in [-0.3, -0.25) is 4.79 Å². The predicted octanol–water partition coefficient (Wildman–Crippen LogP) is 1.08. The van der Waals surface area contributed by atoms with E-state index in [0.717, 1.165) is 0 Å². The molecule has 0 aromatic heterocycles. The molecule has 0 saturated carbocycles. The van der Waals surface area contributed by atoms with Crippen LogP contribution >= 0.6 is 0 Å². The molecule has 3 atom stereocenters. The Kier molecular flexibility index (Phi) is 3.59. The minimum absolute atomic E-state index is 0.0378. The number of hydrogen-bond acceptors (Lipinski definition) is 4. The highest BCUT2D eigenvalue weighted by atomic mass is 19.2. The molecule has 3 unspecified atom stereocenters. The van der Waals surface area contributed by atoms with Crippen molar-refractivity contribution in [1.29, 1.82) is 0 Å². The summed E-state index contributed by atoms with van der Waals surface area (Å²) in [5.74, 6) is -21.2. The second kappa shape index (κ2) is 5.11. The van der Waals surface area contributed by atoms with Crippen molar-refractivity contribution in [2.45, 2.75) is 30.6 Å². The zero-order valence-corrected chi connectivity index (χ0v) is 12.2. The molecule has 2 aliphatic heterocycles. The molecule has 1 saturated heterocycles. The zero-order chi connectivity index (χ0) is 18.9. The molecular weight excluding hydrogens is 357 g/mol. The van der Waals surface area contributed by atoms with Crippen LogP contribution in [0.5, 0.6) is 0 Å². The number of alkyl halides is 2. The summed E-state index contributed by atoms with van der Waals surface area (Å²) in [6.07, 6.45) is 0.107. The molecule has 6 nitrogen and oxygen atoms in total. The van der Waals surface area contributed by atoms with Crippen LogP contribution in [0.3, 0.4) is 0 Å². The Hall–Kier alpha value is -2.27. The maximum atomic E-state index is 14.2. The van der Waals surface area contributed by atoms with Crippen LogP contribution in [-0.4, -0.2) is 56.4 Å². The minimum Gasteiger partial charge on any atom is -0.478 e. The fraction of sp³-hybridized carbons (Fsp3) is 0.429. The quantitative estimate of drug-likeness (QED) is 0.635. The second-order valence-corrected chi connectivity index (χ2v) is 5.85. The molecule has 0 aromatic rings. The molecule has 25 heavy (non-hydrogen) atoms. The van der Waals surface area contributed by atoms with E-state index in [0.29, 0.717) is 10.5 Å². The largest absolute Gasteiger partial charge is 0.478 e. The summed E-state index contributed by atoms with van der Waals surface area (Å²) in [7, 11) is 0. The van der Waals surface area contributed by atoms with Crippen LogP contribution in [-0.2, 0) is 9.59 Å². The van der Waals surface area contributed by atoms with Gasteiger partial charge in [0, 0.05) is 6.54 Å². The zero-order valence-electron chi connectivity index (χ0n) is 12.2. The van der Waals surface area contributed by atoms with Gasteiger partial charge in [-0.25, -0.2) is 18.0 Å². The summed E-state index contributed by atoms with van der Waals surface area (Å²) in [6, 6.07) is -1.11. The van der Waals surface area contributed by atoms with Gasteiger partial charge in [0.2, 0.25) is 5.83 Å². The number of halogens is 5. The number of fused-ring (bicyclic) bond motifs is 2. The van der Waals surface area contributed by atoms with Crippen LogP contribution in [0, 0.1) is 0 Å². The number of allylic oxidation sites excluding steroid dienone is 2. The first-order chi connectivity index (χ1) is 11.4. The third-order valence-corrected chi connectivity index (χ3v) is 4.56. The number of piperidine rings is 1. The number of rotatable bonds is 2. The van der Waals surface area contributed by atoms with E-state index in [-0.39, 0.29) is 25.0 Å². The first-order valence-electron chi connectivity index (χ1n) is 6.98. The normalized spacial score (nSPS) is 35.2. The number of carboxylic acid groups (broad SMARTS) is 1. The third kappa shape index (κ3) is 2.08. The molecule has 2 heterocycles. The van der Waals surface area contributed by atoms with E-state index in [1.165, 1.54) is 0 Å². The average Bonchev–Trinajstić information content (AvgIpc) is 2.51. The van der Waals surface area contributed by atoms with Crippen molar-refractivity contribution in [2.24, 2.45) is 0 Å². The van der Waals surface area contributed by atoms with Gasteiger partial charge < -0.3 is 20.2 Å². The van der Waals surface area contributed by atoms with Crippen LogP contribution in [0.25, 0.3) is 0 Å². The minimum atomic E-state index is -5.02. The lowest BCUT2D eigenvalue weighted by atomic mass is 9.76. The number of nitrogens with zero attached hydrogens (tertiary/aromatic N) is 1. The van der Waals surface area contributed by atoms with E-state index in [4.69, 9.17) is 10.2 Å². The predicted molar refractivity (Wildman–Crippen MR) is 68.9 cm³/mol. The summed E-state index contributed by atoms with van der Waals surface area (Å²) in [6.45, 7) is -0.235. The second-order valence-electron chi connectivity index (χ2n) is 5.85. The molecule has 2 bridgehead atoms. The molecule has 3 N–H and O–H groups in total. The highest BCUT2D eigenvalue weighted by Crippen LogP contribution is 2.49. The van der Waals surface area contributed by atoms with Crippen molar-refractivity contribution in [3.05, 3.63) is 34.2 Å². The summed E-state index contributed by atoms with van der Waals surface area (Å²) in [5, 5.41) is 27.5. The number of aliphatic hydroxyl groups is 2. The maximum Gasteiger partial charge on any atom is 0.333 e. The van der Waals surface area contributed by atoms with Gasteiger partial charge in [-0.15, -0.1) is 0 Å². The fourth-order valence-electron chi connectivity index (χ4n) is 3.19. The summed E-state index contributed by atoms with van der Waals surface area (Å²) >= 11 is 0. The summed E-state index contributed by atoms with van der Waals surface area (Å²) in [4.78, 5) is 24.1. The van der Waals surface area contributed by atoms with Gasteiger partial charge in [-0.05, 0) is 12.8 Å². The van der Waals surface area contributed by atoms with Crippen molar-refractivity contribution in [3.8, 4) is 0 Å². The lowest BCUT2D eigenvalue weighted by molar-refractivity contribution is -0.259. The molecule has 2 aliphatic carbocycles. The Balaban J connectivity index is 2.05. The smallest absolute Gasteiger partial charge is 0.333 e. The van der Waals surface area contributed by atoms with Gasteiger partial charge in [0.05, 0.1) is 11.6 Å². The number of carbonyl (C=O) groups is 2. The van der Waals surface area contributed by atoms with Crippen molar-refractivity contribution in [2.75, 3.05) is 6.54 Å². The highest BCUT2D eigenvalue weighted by molar-refractivity contribution is 6.00. The standard InChI is InChI=1S/C14H10F5NO5/c15-8-7(13(18,24)14(19,25)10(17)9(8)16)11(21)20-2-1-4-3-5(20)6(4)12(22)23/h5,24-25H,1-3H2,(H,22,23). The fourth-order valence-corrected chi connectivity index (χ4v) is 3.19. The van der Waals surface area contributed by atoms with Crippen LogP contribution in [0.4, 0.5) is 22.0 Å². The Bertz CT molecular complexity index is 797. The number of carboxylic acids is 1. The molecule has 4 rings (SSSR count). The van der Waals surface area contributed by atoms with Crippen molar-refractivity contribution < 1.29 is 46.9 Å².